The fourth-order valence-electron chi connectivity index (χ4n) is 2.62. The number of fused-ring (bicyclic) bond motifs is 1. The average Bonchev–Trinajstić information content (AvgIpc) is 3.11. The Morgan fingerprint density at radius 3 is 2.88 bits per heavy atom. The Balaban J connectivity index is 1.53. The van der Waals surface area contributed by atoms with Crippen molar-refractivity contribution in [2.75, 3.05) is 39.3 Å². The molecule has 2 aromatic rings. The number of carbonyl (C=O) groups is 1. The summed E-state index contributed by atoms with van der Waals surface area (Å²) in [6.07, 6.45) is 4.19. The van der Waals surface area contributed by atoms with Crippen LogP contribution in [0.5, 0.6) is 11.5 Å². The average molecular weight is 356 g/mol. The van der Waals surface area contributed by atoms with Gasteiger partial charge in [-0.3, -0.25) is 9.78 Å². The molecule has 26 heavy (non-hydrogen) atoms. The molecule has 1 aromatic heterocycles. The fraction of sp³-hybridized carbons (Fsp3) is 0.368. The van der Waals surface area contributed by atoms with Crippen LogP contribution in [0.25, 0.3) is 0 Å². The van der Waals surface area contributed by atoms with Gasteiger partial charge in [0.25, 0.3) is 5.91 Å². The van der Waals surface area contributed by atoms with E-state index >= 15 is 0 Å². The Labute approximate surface area is 153 Å². The van der Waals surface area contributed by atoms with Crippen molar-refractivity contribution in [2.24, 2.45) is 0 Å². The Kier molecular flexibility index (Phi) is 5.91. The number of benzene rings is 1. The van der Waals surface area contributed by atoms with Crippen molar-refractivity contribution in [1.82, 2.24) is 15.2 Å². The number of hydrogen-bond acceptors (Lipinski definition) is 6. The molecule has 7 nitrogen and oxygen atoms in total. The van der Waals surface area contributed by atoms with Crippen LogP contribution in [-0.2, 0) is 6.54 Å². The molecule has 2 N–H and O–H groups in total. The zero-order chi connectivity index (χ0) is 18.4. The SMILES string of the molecule is CN(C)CCCNC(=O)c1cncc(NCc2ccc3c(c2)OCO3)c1. The number of ether oxygens (including phenoxy) is 2. The summed E-state index contributed by atoms with van der Waals surface area (Å²) < 4.78 is 10.7. The summed E-state index contributed by atoms with van der Waals surface area (Å²) in [5.41, 5.74) is 2.40. The van der Waals surface area contributed by atoms with Crippen LogP contribution in [0.15, 0.2) is 36.7 Å². The maximum atomic E-state index is 12.2. The molecule has 0 atom stereocenters. The molecule has 3 rings (SSSR count). The largest absolute Gasteiger partial charge is 0.454 e. The molecule has 0 saturated carbocycles. The van der Waals surface area contributed by atoms with E-state index in [0.717, 1.165) is 35.7 Å². The van der Waals surface area contributed by atoms with Gasteiger partial charge in [-0.2, -0.15) is 0 Å². The van der Waals surface area contributed by atoms with Crippen LogP contribution in [0.2, 0.25) is 0 Å². The van der Waals surface area contributed by atoms with E-state index in [1.54, 1.807) is 18.5 Å². The zero-order valence-electron chi connectivity index (χ0n) is 15.1. The molecule has 0 unspecified atom stereocenters. The first-order chi connectivity index (χ1) is 12.6. The molecular weight excluding hydrogens is 332 g/mol. The number of carbonyl (C=O) groups excluding carboxylic acids is 1. The molecule has 2 heterocycles. The van der Waals surface area contributed by atoms with Gasteiger partial charge < -0.3 is 25.0 Å². The number of hydrogen-bond donors (Lipinski definition) is 2. The van der Waals surface area contributed by atoms with E-state index < -0.39 is 0 Å². The Morgan fingerprint density at radius 2 is 2.04 bits per heavy atom. The predicted molar refractivity (Wildman–Crippen MR) is 99.6 cm³/mol. The van der Waals surface area contributed by atoms with E-state index in [9.17, 15) is 4.79 Å². The van der Waals surface area contributed by atoms with Gasteiger partial charge >= 0.3 is 0 Å². The Hall–Kier alpha value is -2.80. The fourth-order valence-corrected chi connectivity index (χ4v) is 2.62. The van der Waals surface area contributed by atoms with E-state index in [4.69, 9.17) is 9.47 Å². The van der Waals surface area contributed by atoms with Crippen molar-refractivity contribution in [3.8, 4) is 11.5 Å². The van der Waals surface area contributed by atoms with E-state index in [2.05, 4.69) is 20.5 Å². The van der Waals surface area contributed by atoms with E-state index in [0.29, 0.717) is 18.7 Å². The molecule has 1 amide bonds. The van der Waals surface area contributed by atoms with Gasteiger partial charge in [0.1, 0.15) is 0 Å². The second-order valence-electron chi connectivity index (χ2n) is 6.42. The van der Waals surface area contributed by atoms with Gasteiger partial charge in [0.2, 0.25) is 6.79 Å². The van der Waals surface area contributed by atoms with Gasteiger partial charge in [0, 0.05) is 25.5 Å². The summed E-state index contributed by atoms with van der Waals surface area (Å²) in [4.78, 5) is 18.5. The summed E-state index contributed by atoms with van der Waals surface area (Å²) in [6.45, 7) is 2.45. The molecule has 0 aliphatic carbocycles. The second-order valence-corrected chi connectivity index (χ2v) is 6.42. The standard InChI is InChI=1S/C19H24N4O3/c1-23(2)7-3-6-21-19(24)15-9-16(12-20-11-15)22-10-14-4-5-17-18(8-14)26-13-25-17/h4-5,8-9,11-12,22H,3,6-7,10,13H2,1-2H3,(H,21,24). The highest BCUT2D eigenvalue weighted by Crippen LogP contribution is 2.32. The number of aromatic nitrogens is 1. The Morgan fingerprint density at radius 1 is 1.19 bits per heavy atom. The lowest BCUT2D eigenvalue weighted by Gasteiger charge is -2.11. The van der Waals surface area contributed by atoms with Crippen molar-refractivity contribution in [2.45, 2.75) is 13.0 Å². The molecule has 138 valence electrons. The topological polar surface area (TPSA) is 75.7 Å². The molecule has 0 spiro atoms. The van der Waals surface area contributed by atoms with Crippen molar-refractivity contribution in [3.63, 3.8) is 0 Å². The van der Waals surface area contributed by atoms with Gasteiger partial charge in [-0.05, 0) is 50.8 Å². The van der Waals surface area contributed by atoms with E-state index in [-0.39, 0.29) is 12.7 Å². The molecule has 1 aromatic carbocycles. The molecule has 0 fully saturated rings. The van der Waals surface area contributed by atoms with Crippen molar-refractivity contribution in [1.29, 1.82) is 0 Å². The van der Waals surface area contributed by atoms with Crippen molar-refractivity contribution in [3.05, 3.63) is 47.8 Å². The number of pyridine rings is 1. The highest BCUT2D eigenvalue weighted by Gasteiger charge is 2.13. The number of nitrogens with one attached hydrogen (secondary N) is 2. The van der Waals surface area contributed by atoms with Gasteiger partial charge in [-0.25, -0.2) is 0 Å². The Bertz CT molecular complexity index is 764. The van der Waals surface area contributed by atoms with E-state index in [1.807, 2.05) is 32.3 Å². The maximum Gasteiger partial charge on any atom is 0.252 e. The predicted octanol–water partition coefficient (Wildman–Crippen LogP) is 2.10. The molecule has 0 saturated heterocycles. The summed E-state index contributed by atoms with van der Waals surface area (Å²) in [5, 5.41) is 6.20. The van der Waals surface area contributed by atoms with Crippen LogP contribution >= 0.6 is 0 Å². The first-order valence-corrected chi connectivity index (χ1v) is 8.62. The monoisotopic (exact) mass is 356 g/mol. The molecule has 7 heteroatoms. The third-order valence-corrected chi connectivity index (χ3v) is 4.00. The highest BCUT2D eigenvalue weighted by atomic mass is 16.7. The smallest absolute Gasteiger partial charge is 0.252 e. The minimum Gasteiger partial charge on any atom is -0.454 e. The van der Waals surface area contributed by atoms with Gasteiger partial charge in [0.05, 0.1) is 11.3 Å². The summed E-state index contributed by atoms with van der Waals surface area (Å²) in [7, 11) is 4.03. The van der Waals surface area contributed by atoms with Crippen LogP contribution in [0.1, 0.15) is 22.3 Å². The lowest BCUT2D eigenvalue weighted by Crippen LogP contribution is -2.27. The minimum atomic E-state index is -0.108. The normalized spacial score (nSPS) is 12.3. The van der Waals surface area contributed by atoms with Gasteiger partial charge in [-0.15, -0.1) is 0 Å². The quantitative estimate of drug-likeness (QED) is 0.706. The van der Waals surface area contributed by atoms with Crippen molar-refractivity contribution < 1.29 is 14.3 Å². The molecule has 0 radical (unpaired) electrons. The summed E-state index contributed by atoms with van der Waals surface area (Å²) >= 11 is 0. The highest BCUT2D eigenvalue weighted by molar-refractivity contribution is 5.94. The number of amides is 1. The van der Waals surface area contributed by atoms with Crippen molar-refractivity contribution >= 4 is 11.6 Å². The van der Waals surface area contributed by atoms with Gasteiger partial charge in [0.15, 0.2) is 11.5 Å². The number of rotatable bonds is 8. The van der Waals surface area contributed by atoms with Crippen LogP contribution in [0, 0.1) is 0 Å². The van der Waals surface area contributed by atoms with Crippen LogP contribution in [0.3, 0.4) is 0 Å². The number of nitrogens with zero attached hydrogens (tertiary/aromatic N) is 2. The number of anilines is 1. The van der Waals surface area contributed by atoms with Crippen LogP contribution in [-0.4, -0.2) is 49.8 Å². The van der Waals surface area contributed by atoms with Crippen LogP contribution in [0.4, 0.5) is 5.69 Å². The molecular formula is C19H24N4O3. The maximum absolute atomic E-state index is 12.2. The third-order valence-electron chi connectivity index (χ3n) is 4.00. The molecule has 1 aliphatic rings. The zero-order valence-corrected chi connectivity index (χ0v) is 15.1. The first kappa shape index (κ1) is 18.0. The second kappa shape index (κ2) is 8.53. The lowest BCUT2D eigenvalue weighted by atomic mass is 10.2. The molecule has 1 aliphatic heterocycles. The minimum absolute atomic E-state index is 0.108. The first-order valence-electron chi connectivity index (χ1n) is 8.62. The summed E-state index contributed by atoms with van der Waals surface area (Å²) in [5.74, 6) is 1.42. The van der Waals surface area contributed by atoms with Gasteiger partial charge in [-0.1, -0.05) is 6.07 Å². The van der Waals surface area contributed by atoms with Crippen LogP contribution < -0.4 is 20.1 Å². The molecule has 0 bridgehead atoms. The lowest BCUT2D eigenvalue weighted by molar-refractivity contribution is 0.0952. The van der Waals surface area contributed by atoms with E-state index in [1.165, 1.54) is 0 Å². The third kappa shape index (κ3) is 4.86. The summed E-state index contributed by atoms with van der Waals surface area (Å²) in [6, 6.07) is 7.63.